The molecule has 1 fully saturated rings. The molecule has 2 aromatic carbocycles. The number of benzene rings is 2. The van der Waals surface area contributed by atoms with Crippen LogP contribution in [0.25, 0.3) is 0 Å². The summed E-state index contributed by atoms with van der Waals surface area (Å²) >= 11 is 0. The average molecular weight is 381 g/mol. The van der Waals surface area contributed by atoms with Crippen LogP contribution in [0, 0.1) is 16.0 Å². The smallest absolute Gasteiger partial charge is 0.271 e. The molecule has 7 nitrogen and oxygen atoms in total. The summed E-state index contributed by atoms with van der Waals surface area (Å²) in [7, 11) is 0. The second-order valence-electron chi connectivity index (χ2n) is 6.97. The summed E-state index contributed by atoms with van der Waals surface area (Å²) in [6.45, 7) is 2.36. The van der Waals surface area contributed by atoms with E-state index < -0.39 is 10.8 Å². The molecule has 146 valence electrons. The quantitative estimate of drug-likeness (QED) is 0.581. The van der Waals surface area contributed by atoms with E-state index in [0.717, 1.165) is 19.3 Å². The van der Waals surface area contributed by atoms with Crippen molar-refractivity contribution in [3.05, 3.63) is 64.2 Å². The van der Waals surface area contributed by atoms with Crippen molar-refractivity contribution >= 4 is 28.9 Å². The highest BCUT2D eigenvalue weighted by Crippen LogP contribution is 2.28. The second-order valence-corrected chi connectivity index (χ2v) is 6.97. The summed E-state index contributed by atoms with van der Waals surface area (Å²) in [5.41, 5.74) is 2.29. The SMILES string of the molecule is CCCCc1ccc(NC(=O)C2CC(=O)N(c3cccc([N+](=O)[O-])c3)C2)cc1. The first-order chi connectivity index (χ1) is 13.5. The second kappa shape index (κ2) is 8.65. The highest BCUT2D eigenvalue weighted by Gasteiger charge is 2.35. The molecule has 1 N–H and O–H groups in total. The molecule has 1 aliphatic rings. The van der Waals surface area contributed by atoms with Crippen LogP contribution in [0.1, 0.15) is 31.7 Å². The van der Waals surface area contributed by atoms with Crippen LogP contribution in [0.2, 0.25) is 0 Å². The summed E-state index contributed by atoms with van der Waals surface area (Å²) < 4.78 is 0. The molecule has 0 radical (unpaired) electrons. The van der Waals surface area contributed by atoms with Gasteiger partial charge in [-0.15, -0.1) is 0 Å². The molecule has 1 heterocycles. The van der Waals surface area contributed by atoms with Crippen molar-refractivity contribution in [1.29, 1.82) is 0 Å². The number of carbonyl (C=O) groups excluding carboxylic acids is 2. The number of aryl methyl sites for hydroxylation is 1. The fraction of sp³-hybridized carbons (Fsp3) is 0.333. The lowest BCUT2D eigenvalue weighted by Crippen LogP contribution is -2.28. The number of nitrogens with zero attached hydrogens (tertiary/aromatic N) is 2. The molecule has 28 heavy (non-hydrogen) atoms. The Bertz CT molecular complexity index is 879. The van der Waals surface area contributed by atoms with Crippen LogP contribution in [-0.4, -0.2) is 23.3 Å². The van der Waals surface area contributed by atoms with Gasteiger partial charge in [0.2, 0.25) is 11.8 Å². The van der Waals surface area contributed by atoms with Gasteiger partial charge in [-0.1, -0.05) is 31.5 Å². The van der Waals surface area contributed by atoms with Gasteiger partial charge in [-0.05, 0) is 36.6 Å². The van der Waals surface area contributed by atoms with E-state index >= 15 is 0 Å². The Hall–Kier alpha value is -3.22. The maximum Gasteiger partial charge on any atom is 0.271 e. The number of amides is 2. The summed E-state index contributed by atoms with van der Waals surface area (Å²) in [4.78, 5) is 36.8. The van der Waals surface area contributed by atoms with Gasteiger partial charge in [0.05, 0.1) is 16.5 Å². The standard InChI is InChI=1S/C21H23N3O4/c1-2-3-5-15-8-10-17(11-9-15)22-21(26)16-12-20(25)23(14-16)18-6-4-7-19(13-18)24(27)28/h4,6-11,13,16H,2-3,5,12,14H2,1H3,(H,22,26). The number of hydrogen-bond acceptors (Lipinski definition) is 4. The predicted molar refractivity (Wildman–Crippen MR) is 107 cm³/mol. The number of nitro benzene ring substituents is 1. The van der Waals surface area contributed by atoms with Gasteiger partial charge >= 0.3 is 0 Å². The van der Waals surface area contributed by atoms with Gasteiger partial charge in [0.1, 0.15) is 0 Å². The minimum absolute atomic E-state index is 0.0821. The van der Waals surface area contributed by atoms with Crippen LogP contribution in [-0.2, 0) is 16.0 Å². The maximum atomic E-state index is 12.6. The molecule has 1 atom stereocenters. The molecule has 1 aliphatic heterocycles. The minimum atomic E-state index is -0.502. The average Bonchev–Trinajstić information content (AvgIpc) is 3.09. The molecule has 0 spiro atoms. The number of nitro groups is 1. The molecule has 1 saturated heterocycles. The Morgan fingerprint density at radius 3 is 2.68 bits per heavy atom. The number of unbranched alkanes of at least 4 members (excludes halogenated alkanes) is 1. The molecule has 0 bridgehead atoms. The van der Waals surface area contributed by atoms with E-state index in [9.17, 15) is 19.7 Å². The summed E-state index contributed by atoms with van der Waals surface area (Å²) in [5.74, 6) is -0.926. The fourth-order valence-corrected chi connectivity index (χ4v) is 3.29. The van der Waals surface area contributed by atoms with E-state index in [-0.39, 0.29) is 30.5 Å². The van der Waals surface area contributed by atoms with Gasteiger partial charge in [0, 0.05) is 30.8 Å². The number of non-ortho nitro benzene ring substituents is 1. The van der Waals surface area contributed by atoms with Crippen molar-refractivity contribution in [1.82, 2.24) is 0 Å². The first-order valence-corrected chi connectivity index (χ1v) is 9.42. The Morgan fingerprint density at radius 2 is 2.00 bits per heavy atom. The number of nitrogens with one attached hydrogen (secondary N) is 1. The summed E-state index contributed by atoms with van der Waals surface area (Å²) in [5, 5.41) is 13.8. The Labute approximate surface area is 163 Å². The van der Waals surface area contributed by atoms with E-state index in [4.69, 9.17) is 0 Å². The van der Waals surface area contributed by atoms with Crippen LogP contribution in [0.4, 0.5) is 17.1 Å². The number of rotatable bonds is 7. The van der Waals surface area contributed by atoms with E-state index in [2.05, 4.69) is 12.2 Å². The zero-order valence-corrected chi connectivity index (χ0v) is 15.8. The van der Waals surface area contributed by atoms with Crippen molar-refractivity contribution in [3.8, 4) is 0 Å². The molecule has 2 aromatic rings. The van der Waals surface area contributed by atoms with Crippen molar-refractivity contribution in [2.45, 2.75) is 32.6 Å². The molecular formula is C21H23N3O4. The van der Waals surface area contributed by atoms with Crippen molar-refractivity contribution < 1.29 is 14.5 Å². The van der Waals surface area contributed by atoms with Crippen LogP contribution in [0.5, 0.6) is 0 Å². The lowest BCUT2D eigenvalue weighted by atomic mass is 10.1. The molecule has 1 unspecified atom stereocenters. The van der Waals surface area contributed by atoms with E-state index in [1.807, 2.05) is 24.3 Å². The first-order valence-electron chi connectivity index (χ1n) is 9.42. The third kappa shape index (κ3) is 4.54. The molecular weight excluding hydrogens is 358 g/mol. The Morgan fingerprint density at radius 1 is 1.25 bits per heavy atom. The van der Waals surface area contributed by atoms with Crippen molar-refractivity contribution in [3.63, 3.8) is 0 Å². The van der Waals surface area contributed by atoms with Gasteiger partial charge in [-0.25, -0.2) is 0 Å². The highest BCUT2D eigenvalue weighted by atomic mass is 16.6. The lowest BCUT2D eigenvalue weighted by molar-refractivity contribution is -0.384. The zero-order valence-electron chi connectivity index (χ0n) is 15.8. The molecule has 0 aliphatic carbocycles. The Kier molecular flexibility index (Phi) is 6.03. The van der Waals surface area contributed by atoms with Gasteiger partial charge in [0.25, 0.3) is 5.69 Å². The Balaban J connectivity index is 1.63. The molecule has 3 rings (SSSR count). The lowest BCUT2D eigenvalue weighted by Gasteiger charge is -2.16. The van der Waals surface area contributed by atoms with Gasteiger partial charge < -0.3 is 10.2 Å². The topological polar surface area (TPSA) is 92.6 Å². The van der Waals surface area contributed by atoms with E-state index in [0.29, 0.717) is 11.4 Å². The van der Waals surface area contributed by atoms with Crippen LogP contribution < -0.4 is 10.2 Å². The molecule has 7 heteroatoms. The number of anilines is 2. The fourth-order valence-electron chi connectivity index (χ4n) is 3.29. The monoisotopic (exact) mass is 381 g/mol. The van der Waals surface area contributed by atoms with Crippen LogP contribution in [0.15, 0.2) is 48.5 Å². The molecule has 0 saturated carbocycles. The van der Waals surface area contributed by atoms with Crippen molar-refractivity contribution in [2.24, 2.45) is 5.92 Å². The van der Waals surface area contributed by atoms with Crippen LogP contribution >= 0.6 is 0 Å². The molecule has 2 amide bonds. The predicted octanol–water partition coefficient (Wildman–Crippen LogP) is 3.93. The maximum absolute atomic E-state index is 12.6. The first kappa shape index (κ1) is 19.5. The number of carbonyl (C=O) groups is 2. The van der Waals surface area contributed by atoms with Gasteiger partial charge in [0.15, 0.2) is 0 Å². The number of hydrogen-bond donors (Lipinski definition) is 1. The van der Waals surface area contributed by atoms with E-state index in [1.165, 1.54) is 28.7 Å². The third-order valence-corrected chi connectivity index (χ3v) is 4.89. The highest BCUT2D eigenvalue weighted by molar-refractivity contribution is 6.03. The summed E-state index contributed by atoms with van der Waals surface area (Å²) in [6, 6.07) is 13.6. The largest absolute Gasteiger partial charge is 0.326 e. The van der Waals surface area contributed by atoms with Crippen LogP contribution in [0.3, 0.4) is 0 Å². The zero-order chi connectivity index (χ0) is 20.1. The summed E-state index contributed by atoms with van der Waals surface area (Å²) in [6.07, 6.45) is 3.36. The van der Waals surface area contributed by atoms with Gasteiger partial charge in [-0.3, -0.25) is 19.7 Å². The van der Waals surface area contributed by atoms with Gasteiger partial charge in [-0.2, -0.15) is 0 Å². The minimum Gasteiger partial charge on any atom is -0.326 e. The van der Waals surface area contributed by atoms with E-state index in [1.54, 1.807) is 6.07 Å². The third-order valence-electron chi connectivity index (χ3n) is 4.89. The normalized spacial score (nSPS) is 16.2. The van der Waals surface area contributed by atoms with Crippen molar-refractivity contribution in [2.75, 3.05) is 16.8 Å². The molecule has 0 aromatic heterocycles.